The van der Waals surface area contributed by atoms with E-state index < -0.39 is 16.9 Å². The first kappa shape index (κ1) is 13.9. The highest BCUT2D eigenvalue weighted by molar-refractivity contribution is 5.96. The molecule has 1 heterocycles. The van der Waals surface area contributed by atoms with Gasteiger partial charge in [-0.3, -0.25) is 19.7 Å². The van der Waals surface area contributed by atoms with Crippen molar-refractivity contribution in [3.05, 3.63) is 34.4 Å². The highest BCUT2D eigenvalue weighted by atomic mass is 16.6. The third-order valence-electron chi connectivity index (χ3n) is 3.01. The molecule has 1 aliphatic rings. The number of nitrogens with one attached hydrogen (secondary N) is 2. The average molecular weight is 279 g/mol. The van der Waals surface area contributed by atoms with Crippen LogP contribution in [-0.4, -0.2) is 35.9 Å². The second-order valence-electron chi connectivity index (χ2n) is 4.45. The van der Waals surface area contributed by atoms with E-state index in [9.17, 15) is 19.7 Å². The van der Waals surface area contributed by atoms with E-state index in [-0.39, 0.29) is 23.7 Å². The fourth-order valence-electron chi connectivity index (χ4n) is 2.03. The Balaban J connectivity index is 2.01. The molecule has 0 aromatic heterocycles. The van der Waals surface area contributed by atoms with E-state index in [0.29, 0.717) is 6.54 Å². The first-order valence-corrected chi connectivity index (χ1v) is 6.22. The number of nitro benzene ring substituents is 1. The molecule has 1 aromatic rings. The molecule has 106 valence electrons. The van der Waals surface area contributed by atoms with Crippen LogP contribution in [0.15, 0.2) is 24.3 Å². The lowest BCUT2D eigenvalue weighted by molar-refractivity contribution is -0.678. The number of rotatable bonds is 4. The highest BCUT2D eigenvalue weighted by Crippen LogP contribution is 2.23. The van der Waals surface area contributed by atoms with Gasteiger partial charge in [0.15, 0.2) is 6.04 Å². The van der Waals surface area contributed by atoms with Gasteiger partial charge in [0.1, 0.15) is 5.69 Å². The van der Waals surface area contributed by atoms with Gasteiger partial charge in [0.05, 0.1) is 24.4 Å². The number of carbonyl (C=O) groups is 2. The molecule has 1 atom stereocenters. The molecule has 0 saturated carbocycles. The van der Waals surface area contributed by atoms with Gasteiger partial charge in [0.25, 0.3) is 11.6 Å². The summed E-state index contributed by atoms with van der Waals surface area (Å²) in [6.07, 6.45) is -0.0160. The molecular weight excluding hydrogens is 264 g/mol. The van der Waals surface area contributed by atoms with Crippen LogP contribution in [0.4, 0.5) is 11.4 Å². The molecule has 8 nitrogen and oxygen atoms in total. The van der Waals surface area contributed by atoms with Crippen LogP contribution in [0.5, 0.6) is 0 Å². The van der Waals surface area contributed by atoms with E-state index in [2.05, 4.69) is 10.6 Å². The summed E-state index contributed by atoms with van der Waals surface area (Å²) >= 11 is 0. The number of quaternary nitrogens is 1. The van der Waals surface area contributed by atoms with Crippen LogP contribution in [-0.2, 0) is 9.59 Å². The van der Waals surface area contributed by atoms with Crippen LogP contribution in [0.25, 0.3) is 0 Å². The zero-order valence-electron chi connectivity index (χ0n) is 10.7. The van der Waals surface area contributed by atoms with Gasteiger partial charge in [0, 0.05) is 6.07 Å². The van der Waals surface area contributed by atoms with Crippen molar-refractivity contribution < 1.29 is 19.8 Å². The van der Waals surface area contributed by atoms with Crippen molar-refractivity contribution in [2.75, 3.05) is 18.4 Å². The molecular formula is C12H15N4O4+. The summed E-state index contributed by atoms with van der Waals surface area (Å²) in [6.45, 7) is 1.30. The minimum Gasteiger partial charge on any atom is -0.345 e. The minimum atomic E-state index is -0.560. The maximum absolute atomic E-state index is 11.9. The second kappa shape index (κ2) is 6.11. The Kier molecular flexibility index (Phi) is 4.26. The zero-order chi connectivity index (χ0) is 14.5. The average Bonchev–Trinajstić information content (AvgIpc) is 2.41. The minimum absolute atomic E-state index is 0.0160. The molecule has 1 aliphatic heterocycles. The molecule has 4 N–H and O–H groups in total. The fourth-order valence-corrected chi connectivity index (χ4v) is 2.03. The Labute approximate surface area is 114 Å². The molecule has 0 spiro atoms. The van der Waals surface area contributed by atoms with Crippen LogP contribution in [0.2, 0.25) is 0 Å². The topological polar surface area (TPSA) is 118 Å². The molecule has 1 fully saturated rings. The zero-order valence-corrected chi connectivity index (χ0v) is 10.7. The van der Waals surface area contributed by atoms with Crippen molar-refractivity contribution in [2.45, 2.75) is 12.5 Å². The Morgan fingerprint density at radius 3 is 2.95 bits per heavy atom. The van der Waals surface area contributed by atoms with Crippen molar-refractivity contribution >= 4 is 23.2 Å². The number of nitrogens with zero attached hydrogens (tertiary/aromatic N) is 1. The summed E-state index contributed by atoms with van der Waals surface area (Å²) in [5.74, 6) is -0.605. The van der Waals surface area contributed by atoms with E-state index in [4.69, 9.17) is 0 Å². The Morgan fingerprint density at radius 1 is 1.50 bits per heavy atom. The number of nitrogens with two attached hydrogens (primary N) is 1. The molecule has 0 bridgehead atoms. The Morgan fingerprint density at radius 2 is 2.25 bits per heavy atom. The summed E-state index contributed by atoms with van der Waals surface area (Å²) in [4.78, 5) is 33.7. The summed E-state index contributed by atoms with van der Waals surface area (Å²) in [6, 6.07) is 5.42. The summed E-state index contributed by atoms with van der Waals surface area (Å²) in [5.41, 5.74) is -0.0309. The third-order valence-corrected chi connectivity index (χ3v) is 3.01. The van der Waals surface area contributed by atoms with Crippen molar-refractivity contribution in [3.8, 4) is 0 Å². The van der Waals surface area contributed by atoms with Gasteiger partial charge in [-0.1, -0.05) is 12.1 Å². The lowest BCUT2D eigenvalue weighted by Gasteiger charge is -2.19. The van der Waals surface area contributed by atoms with Crippen LogP contribution in [0.3, 0.4) is 0 Å². The van der Waals surface area contributed by atoms with Crippen LogP contribution in [0.1, 0.15) is 6.42 Å². The summed E-state index contributed by atoms with van der Waals surface area (Å²) in [7, 11) is 0. The fraction of sp³-hybridized carbons (Fsp3) is 0.333. The van der Waals surface area contributed by atoms with Crippen molar-refractivity contribution in [1.82, 2.24) is 5.32 Å². The van der Waals surface area contributed by atoms with Gasteiger partial charge in [-0.2, -0.15) is 0 Å². The van der Waals surface area contributed by atoms with Crippen molar-refractivity contribution in [1.29, 1.82) is 0 Å². The number of hydrogen-bond acceptors (Lipinski definition) is 4. The molecule has 2 rings (SSSR count). The SMILES string of the molecule is O=C(C[C@H]1[NH2+]CCNC1=O)Nc1ccccc1[N+](=O)[O-]. The largest absolute Gasteiger partial charge is 0.345 e. The monoisotopic (exact) mass is 279 g/mol. The number of amides is 2. The van der Waals surface area contributed by atoms with Crippen LogP contribution < -0.4 is 16.0 Å². The highest BCUT2D eigenvalue weighted by Gasteiger charge is 2.28. The lowest BCUT2D eigenvalue weighted by Crippen LogP contribution is -2.96. The van der Waals surface area contributed by atoms with E-state index in [1.807, 2.05) is 0 Å². The molecule has 20 heavy (non-hydrogen) atoms. The maximum Gasteiger partial charge on any atom is 0.292 e. The van der Waals surface area contributed by atoms with Crippen molar-refractivity contribution in [3.63, 3.8) is 0 Å². The molecule has 1 saturated heterocycles. The molecule has 0 aliphatic carbocycles. The third kappa shape index (κ3) is 3.29. The number of nitro groups is 1. The first-order valence-electron chi connectivity index (χ1n) is 6.22. The molecule has 1 aromatic carbocycles. The van der Waals surface area contributed by atoms with Gasteiger partial charge in [-0.15, -0.1) is 0 Å². The number of para-hydroxylation sites is 2. The number of piperazine rings is 1. The number of anilines is 1. The van der Waals surface area contributed by atoms with Gasteiger partial charge >= 0.3 is 0 Å². The smallest absolute Gasteiger partial charge is 0.292 e. The maximum atomic E-state index is 11.9. The summed E-state index contributed by atoms with van der Waals surface area (Å²) in [5, 5.41) is 17.8. The molecule has 2 amide bonds. The predicted molar refractivity (Wildman–Crippen MR) is 69.9 cm³/mol. The number of hydrogen-bond donors (Lipinski definition) is 3. The lowest BCUT2D eigenvalue weighted by atomic mass is 10.1. The predicted octanol–water partition coefficient (Wildman–Crippen LogP) is -1.01. The number of carbonyl (C=O) groups excluding carboxylic acids is 2. The first-order chi connectivity index (χ1) is 9.58. The van der Waals surface area contributed by atoms with E-state index in [0.717, 1.165) is 6.54 Å². The van der Waals surface area contributed by atoms with Gasteiger partial charge in [0.2, 0.25) is 5.91 Å². The molecule has 8 heteroatoms. The van der Waals surface area contributed by atoms with Gasteiger partial charge in [-0.05, 0) is 6.07 Å². The van der Waals surface area contributed by atoms with Crippen LogP contribution >= 0.6 is 0 Å². The quantitative estimate of drug-likeness (QED) is 0.483. The van der Waals surface area contributed by atoms with E-state index >= 15 is 0 Å². The molecule has 0 unspecified atom stereocenters. The second-order valence-corrected chi connectivity index (χ2v) is 4.45. The normalized spacial score (nSPS) is 18.2. The Hall–Kier alpha value is -2.48. The number of benzene rings is 1. The Bertz CT molecular complexity index is 546. The van der Waals surface area contributed by atoms with E-state index in [1.54, 1.807) is 11.4 Å². The summed E-state index contributed by atoms with van der Waals surface area (Å²) < 4.78 is 0. The van der Waals surface area contributed by atoms with Gasteiger partial charge in [-0.25, -0.2) is 0 Å². The van der Waals surface area contributed by atoms with E-state index in [1.165, 1.54) is 18.2 Å². The standard InChI is InChI=1S/C12H14N4O4/c17-11(7-9-12(18)14-6-5-13-9)15-8-3-1-2-4-10(8)16(19)20/h1-4,9,13H,5-7H2,(H,14,18)(H,15,17)/p+1/t9-/m1/s1. The van der Waals surface area contributed by atoms with Crippen molar-refractivity contribution in [2.24, 2.45) is 0 Å². The van der Waals surface area contributed by atoms with Gasteiger partial charge < -0.3 is 16.0 Å². The van der Waals surface area contributed by atoms with Crippen LogP contribution in [0, 0.1) is 10.1 Å². The molecule has 0 radical (unpaired) electrons.